The molecule has 0 aromatic carbocycles. The number of carbonyl (C=O) groups excluding carboxylic acids is 3. The molecule has 1 saturated heterocycles. The van der Waals surface area contributed by atoms with Gasteiger partial charge in [0.25, 0.3) is 0 Å². The maximum Gasteiger partial charge on any atom is 0.333 e. The molecule has 3 fully saturated rings. The number of hydrogen-bond acceptors (Lipinski definition) is 6. The van der Waals surface area contributed by atoms with Crippen LogP contribution in [-0.2, 0) is 28.6 Å². The highest BCUT2D eigenvalue weighted by Crippen LogP contribution is 2.55. The second-order valence-electron chi connectivity index (χ2n) is 8.34. The molecule has 0 amide bonds. The van der Waals surface area contributed by atoms with Crippen LogP contribution in [0.25, 0.3) is 0 Å². The van der Waals surface area contributed by atoms with Crippen LogP contribution in [0.15, 0.2) is 24.3 Å². The van der Waals surface area contributed by atoms with E-state index in [1.54, 1.807) is 13.8 Å². The monoisotopic (exact) mass is 364 g/mol. The largest absolute Gasteiger partial charge is 0.458 e. The second-order valence-corrected chi connectivity index (χ2v) is 8.34. The summed E-state index contributed by atoms with van der Waals surface area (Å²) in [4.78, 5) is 33.8. The summed E-state index contributed by atoms with van der Waals surface area (Å²) >= 11 is 0. The number of hydrogen-bond donors (Lipinski definition) is 0. The van der Waals surface area contributed by atoms with Crippen molar-refractivity contribution in [3.05, 3.63) is 24.3 Å². The van der Waals surface area contributed by atoms with Gasteiger partial charge in [-0.25, -0.2) is 9.59 Å². The van der Waals surface area contributed by atoms with E-state index in [2.05, 4.69) is 13.2 Å². The number of esters is 3. The van der Waals surface area contributed by atoms with Crippen molar-refractivity contribution >= 4 is 17.9 Å². The van der Waals surface area contributed by atoms with Gasteiger partial charge in [-0.3, -0.25) is 4.79 Å². The standard InChI is InChI=1S/C12H14O4.C8H14O2/c1-5(2)11(13)15-9-6-3-7-8(4-6)12(14)16-10(7)9;1-6(2)7(9)10-8(3,4)5/h6-10H,1,3-4H2,2H3;1H2,2-5H3. The predicted octanol–water partition coefficient (Wildman–Crippen LogP) is 2.96. The van der Waals surface area contributed by atoms with Crippen LogP contribution < -0.4 is 0 Å². The number of rotatable bonds is 3. The Morgan fingerprint density at radius 1 is 1.08 bits per heavy atom. The minimum Gasteiger partial charge on any atom is -0.458 e. The van der Waals surface area contributed by atoms with Crippen LogP contribution in [0.4, 0.5) is 0 Å². The van der Waals surface area contributed by atoms with Crippen molar-refractivity contribution in [2.24, 2.45) is 17.8 Å². The quantitative estimate of drug-likeness (QED) is 0.435. The molecule has 3 rings (SSSR count). The molecule has 2 saturated carbocycles. The van der Waals surface area contributed by atoms with Gasteiger partial charge in [0.2, 0.25) is 0 Å². The highest BCUT2D eigenvalue weighted by molar-refractivity contribution is 5.87. The van der Waals surface area contributed by atoms with Crippen LogP contribution >= 0.6 is 0 Å². The zero-order valence-electron chi connectivity index (χ0n) is 16.2. The first-order valence-electron chi connectivity index (χ1n) is 8.86. The lowest BCUT2D eigenvalue weighted by atomic mass is 9.88. The van der Waals surface area contributed by atoms with Gasteiger partial charge in [0.05, 0.1) is 5.92 Å². The Morgan fingerprint density at radius 3 is 2.12 bits per heavy atom. The fourth-order valence-electron chi connectivity index (χ4n) is 3.65. The first-order valence-corrected chi connectivity index (χ1v) is 8.86. The number of ether oxygens (including phenoxy) is 3. The lowest BCUT2D eigenvalue weighted by molar-refractivity contribution is -0.158. The average Bonchev–Trinajstić information content (AvgIpc) is 3.10. The Morgan fingerprint density at radius 2 is 1.65 bits per heavy atom. The minimum absolute atomic E-state index is 0.0646. The van der Waals surface area contributed by atoms with E-state index in [1.807, 2.05) is 20.8 Å². The van der Waals surface area contributed by atoms with E-state index < -0.39 is 5.60 Å². The van der Waals surface area contributed by atoms with Crippen molar-refractivity contribution in [2.75, 3.05) is 0 Å². The molecule has 0 N–H and O–H groups in total. The van der Waals surface area contributed by atoms with Crippen LogP contribution in [0.5, 0.6) is 0 Å². The predicted molar refractivity (Wildman–Crippen MR) is 94.9 cm³/mol. The Kier molecular flexibility index (Phi) is 5.64. The third kappa shape index (κ3) is 4.34. The lowest BCUT2D eigenvalue weighted by Crippen LogP contribution is -2.36. The van der Waals surface area contributed by atoms with Gasteiger partial charge in [-0.05, 0) is 47.5 Å². The first kappa shape index (κ1) is 20.2. The van der Waals surface area contributed by atoms with E-state index in [1.165, 1.54) is 0 Å². The molecule has 5 atom stereocenters. The van der Waals surface area contributed by atoms with E-state index in [0.717, 1.165) is 12.8 Å². The molecular formula is C20H28O6. The van der Waals surface area contributed by atoms with Gasteiger partial charge >= 0.3 is 17.9 Å². The highest BCUT2D eigenvalue weighted by atomic mass is 16.6. The summed E-state index contributed by atoms with van der Waals surface area (Å²) in [5.74, 6) is -0.166. The summed E-state index contributed by atoms with van der Waals surface area (Å²) < 4.78 is 15.6. The molecule has 5 unspecified atom stereocenters. The molecule has 26 heavy (non-hydrogen) atoms. The van der Waals surface area contributed by atoms with Crippen molar-refractivity contribution in [1.29, 1.82) is 0 Å². The molecule has 0 spiro atoms. The van der Waals surface area contributed by atoms with Crippen LogP contribution in [0, 0.1) is 17.8 Å². The van der Waals surface area contributed by atoms with Crippen LogP contribution in [-0.4, -0.2) is 35.7 Å². The summed E-state index contributed by atoms with van der Waals surface area (Å²) in [6.45, 7) is 15.8. The molecule has 2 aliphatic carbocycles. The molecule has 2 bridgehead atoms. The molecule has 6 heteroatoms. The van der Waals surface area contributed by atoms with Gasteiger partial charge in [0.1, 0.15) is 17.8 Å². The van der Waals surface area contributed by atoms with Gasteiger partial charge in [-0.1, -0.05) is 13.2 Å². The maximum atomic E-state index is 11.5. The van der Waals surface area contributed by atoms with Crippen LogP contribution in [0.2, 0.25) is 0 Å². The third-order valence-electron chi connectivity index (χ3n) is 4.75. The van der Waals surface area contributed by atoms with Gasteiger partial charge in [-0.2, -0.15) is 0 Å². The van der Waals surface area contributed by atoms with Gasteiger partial charge < -0.3 is 14.2 Å². The fourth-order valence-corrected chi connectivity index (χ4v) is 3.65. The zero-order chi connectivity index (χ0) is 19.8. The van der Waals surface area contributed by atoms with Gasteiger partial charge in [0, 0.05) is 23.0 Å². The van der Waals surface area contributed by atoms with Crippen molar-refractivity contribution in [3.63, 3.8) is 0 Å². The van der Waals surface area contributed by atoms with Gasteiger partial charge in [0.15, 0.2) is 0 Å². The van der Waals surface area contributed by atoms with Gasteiger partial charge in [-0.15, -0.1) is 0 Å². The first-order chi connectivity index (χ1) is 11.9. The van der Waals surface area contributed by atoms with E-state index in [-0.39, 0.29) is 42.0 Å². The van der Waals surface area contributed by atoms with Crippen molar-refractivity contribution in [1.82, 2.24) is 0 Å². The normalized spacial score (nSPS) is 30.8. The molecule has 3 aliphatic rings. The molecule has 1 heterocycles. The van der Waals surface area contributed by atoms with E-state index in [0.29, 0.717) is 17.1 Å². The molecule has 144 valence electrons. The average molecular weight is 364 g/mol. The Balaban J connectivity index is 0.000000213. The zero-order valence-corrected chi connectivity index (χ0v) is 16.2. The summed E-state index contributed by atoms with van der Waals surface area (Å²) in [6, 6.07) is 0. The number of fused-ring (bicyclic) bond motifs is 1. The van der Waals surface area contributed by atoms with Crippen molar-refractivity contribution < 1.29 is 28.6 Å². The van der Waals surface area contributed by atoms with Crippen LogP contribution in [0.3, 0.4) is 0 Å². The Labute approximate surface area is 154 Å². The Hall–Kier alpha value is -2.11. The summed E-state index contributed by atoms with van der Waals surface area (Å²) in [6.07, 6.45) is 1.33. The van der Waals surface area contributed by atoms with Crippen molar-refractivity contribution in [3.8, 4) is 0 Å². The molecule has 0 aromatic rings. The molecule has 1 aliphatic heterocycles. The SMILES string of the molecule is C=C(C)C(=O)OC(C)(C)C.C=C(C)C(=O)OC1C2CC3C(=O)OC1C3C2. The molecule has 0 aromatic heterocycles. The topological polar surface area (TPSA) is 78.9 Å². The fraction of sp³-hybridized carbons (Fsp3) is 0.650. The molecule has 0 radical (unpaired) electrons. The van der Waals surface area contributed by atoms with E-state index >= 15 is 0 Å². The van der Waals surface area contributed by atoms with E-state index in [9.17, 15) is 14.4 Å². The highest BCUT2D eigenvalue weighted by Gasteiger charge is 2.63. The second kappa shape index (κ2) is 7.25. The third-order valence-corrected chi connectivity index (χ3v) is 4.75. The summed E-state index contributed by atoms with van der Waals surface area (Å²) in [5, 5.41) is 0. The maximum absolute atomic E-state index is 11.5. The minimum atomic E-state index is -0.407. The summed E-state index contributed by atoms with van der Waals surface area (Å²) in [7, 11) is 0. The van der Waals surface area contributed by atoms with Crippen LogP contribution in [0.1, 0.15) is 47.5 Å². The lowest BCUT2D eigenvalue weighted by Gasteiger charge is -2.25. The van der Waals surface area contributed by atoms with Crippen molar-refractivity contribution in [2.45, 2.75) is 65.3 Å². The smallest absolute Gasteiger partial charge is 0.333 e. The molecule has 6 nitrogen and oxygen atoms in total. The summed E-state index contributed by atoms with van der Waals surface area (Å²) in [5.41, 5.74) is 0.425. The Bertz CT molecular complexity index is 641. The van der Waals surface area contributed by atoms with E-state index in [4.69, 9.17) is 14.2 Å². The number of carbonyl (C=O) groups is 3. The molecular weight excluding hydrogens is 336 g/mol.